The van der Waals surface area contributed by atoms with E-state index in [9.17, 15) is 4.79 Å². The number of hydrogen-bond donors (Lipinski definition) is 1. The Morgan fingerprint density at radius 1 is 1.64 bits per heavy atom. The molecule has 4 heteroatoms. The van der Waals surface area contributed by atoms with Crippen LogP contribution in [0.5, 0.6) is 0 Å². The fourth-order valence-electron chi connectivity index (χ4n) is 1.77. The van der Waals surface area contributed by atoms with Gasteiger partial charge in [0.1, 0.15) is 6.61 Å². The molecule has 0 aromatic heterocycles. The maximum Gasteiger partial charge on any atom is 0.246 e. The molecule has 0 aromatic carbocycles. The van der Waals surface area contributed by atoms with Gasteiger partial charge in [0, 0.05) is 32.3 Å². The van der Waals surface area contributed by atoms with Gasteiger partial charge in [-0.1, -0.05) is 0 Å². The summed E-state index contributed by atoms with van der Waals surface area (Å²) in [6.45, 7) is 6.57. The van der Waals surface area contributed by atoms with Crippen LogP contribution in [-0.2, 0) is 9.53 Å². The molecule has 1 amide bonds. The summed E-state index contributed by atoms with van der Waals surface area (Å²) in [7, 11) is 1.54. The molecule has 0 aliphatic carbocycles. The highest BCUT2D eigenvalue weighted by atomic mass is 16.5. The summed E-state index contributed by atoms with van der Waals surface area (Å²) in [5, 5.41) is 2.96. The van der Waals surface area contributed by atoms with Crippen LogP contribution in [0.2, 0.25) is 0 Å². The van der Waals surface area contributed by atoms with E-state index in [1.54, 1.807) is 0 Å². The maximum atomic E-state index is 11.2. The quantitative estimate of drug-likeness (QED) is 0.706. The first-order valence-electron chi connectivity index (χ1n) is 5.16. The van der Waals surface area contributed by atoms with Crippen molar-refractivity contribution in [3.05, 3.63) is 0 Å². The van der Waals surface area contributed by atoms with E-state index in [1.165, 1.54) is 7.11 Å². The smallest absolute Gasteiger partial charge is 0.246 e. The van der Waals surface area contributed by atoms with Gasteiger partial charge in [-0.05, 0) is 20.3 Å². The zero-order chi connectivity index (χ0) is 10.6. The molecule has 1 rings (SSSR count). The van der Waals surface area contributed by atoms with Crippen molar-refractivity contribution in [2.24, 2.45) is 0 Å². The summed E-state index contributed by atoms with van der Waals surface area (Å²) in [4.78, 5) is 13.6. The third-order valence-corrected chi connectivity index (χ3v) is 2.59. The lowest BCUT2D eigenvalue weighted by Crippen LogP contribution is -2.40. The van der Waals surface area contributed by atoms with Crippen LogP contribution in [0.15, 0.2) is 0 Å². The average molecular weight is 200 g/mol. The third kappa shape index (κ3) is 3.27. The van der Waals surface area contributed by atoms with Gasteiger partial charge >= 0.3 is 0 Å². The van der Waals surface area contributed by atoms with E-state index in [1.807, 2.05) is 0 Å². The molecule has 1 aliphatic heterocycles. The van der Waals surface area contributed by atoms with Gasteiger partial charge in [-0.15, -0.1) is 0 Å². The second kappa shape index (κ2) is 5.32. The summed E-state index contributed by atoms with van der Waals surface area (Å²) in [6.07, 6.45) is 1.05. The van der Waals surface area contributed by atoms with E-state index in [0.29, 0.717) is 12.1 Å². The van der Waals surface area contributed by atoms with Gasteiger partial charge in [0.2, 0.25) is 5.91 Å². The summed E-state index contributed by atoms with van der Waals surface area (Å²) in [5.41, 5.74) is 0. The summed E-state index contributed by atoms with van der Waals surface area (Å²) in [5.74, 6) is -0.0110. The van der Waals surface area contributed by atoms with E-state index in [0.717, 1.165) is 19.5 Å². The molecule has 0 unspecified atom stereocenters. The summed E-state index contributed by atoms with van der Waals surface area (Å²) in [6, 6.07) is 0.874. The Balaban J connectivity index is 2.25. The molecule has 0 aromatic rings. The second-order valence-electron chi connectivity index (χ2n) is 4.07. The zero-order valence-electron chi connectivity index (χ0n) is 9.25. The molecule has 4 nitrogen and oxygen atoms in total. The Labute approximate surface area is 85.6 Å². The fourth-order valence-corrected chi connectivity index (χ4v) is 1.77. The molecule has 1 aliphatic rings. The highest BCUT2D eigenvalue weighted by Gasteiger charge is 2.24. The highest BCUT2D eigenvalue weighted by molar-refractivity contribution is 5.77. The Kier molecular flexibility index (Phi) is 4.35. The van der Waals surface area contributed by atoms with Gasteiger partial charge in [0.15, 0.2) is 0 Å². The van der Waals surface area contributed by atoms with Gasteiger partial charge in [-0.25, -0.2) is 0 Å². The second-order valence-corrected chi connectivity index (χ2v) is 4.07. The molecule has 1 fully saturated rings. The molecular formula is C10H20N2O2. The first-order valence-corrected chi connectivity index (χ1v) is 5.16. The fraction of sp³-hybridized carbons (Fsp3) is 0.900. The van der Waals surface area contributed by atoms with Crippen LogP contribution in [0.3, 0.4) is 0 Å². The lowest BCUT2D eigenvalue weighted by Gasteiger charge is -2.20. The van der Waals surface area contributed by atoms with Crippen LogP contribution >= 0.6 is 0 Å². The Morgan fingerprint density at radius 2 is 2.36 bits per heavy atom. The average Bonchev–Trinajstić information content (AvgIpc) is 2.53. The number of nitrogens with zero attached hydrogens (tertiary/aromatic N) is 1. The Morgan fingerprint density at radius 3 is 2.86 bits per heavy atom. The summed E-state index contributed by atoms with van der Waals surface area (Å²) >= 11 is 0. The Bertz CT molecular complexity index is 195. The summed E-state index contributed by atoms with van der Waals surface area (Å²) < 4.78 is 4.76. The minimum Gasteiger partial charge on any atom is -0.375 e. The van der Waals surface area contributed by atoms with E-state index < -0.39 is 0 Å². The highest BCUT2D eigenvalue weighted by Crippen LogP contribution is 2.11. The number of carbonyl (C=O) groups is 1. The standard InChI is InChI=1S/C10H20N2O2/c1-8(2)12-5-4-9(6-12)11-10(13)7-14-3/h8-9H,4-7H2,1-3H3,(H,11,13)/t9-/m1/s1. The molecule has 14 heavy (non-hydrogen) atoms. The van der Waals surface area contributed by atoms with E-state index in [-0.39, 0.29) is 12.5 Å². The van der Waals surface area contributed by atoms with Crippen molar-refractivity contribution in [2.45, 2.75) is 32.4 Å². The predicted molar refractivity (Wildman–Crippen MR) is 55.1 cm³/mol. The monoisotopic (exact) mass is 200 g/mol. The molecule has 0 spiro atoms. The topological polar surface area (TPSA) is 41.6 Å². The number of amides is 1. The zero-order valence-corrected chi connectivity index (χ0v) is 9.25. The van der Waals surface area contributed by atoms with Crippen molar-refractivity contribution < 1.29 is 9.53 Å². The van der Waals surface area contributed by atoms with Crippen molar-refractivity contribution in [3.63, 3.8) is 0 Å². The van der Waals surface area contributed by atoms with Crippen LogP contribution in [0.4, 0.5) is 0 Å². The SMILES string of the molecule is COCC(=O)N[C@@H]1CCN(C(C)C)C1. The molecule has 1 N–H and O–H groups in total. The van der Waals surface area contributed by atoms with Gasteiger partial charge in [0.25, 0.3) is 0 Å². The van der Waals surface area contributed by atoms with Crippen molar-refractivity contribution in [3.8, 4) is 0 Å². The molecule has 0 radical (unpaired) electrons. The van der Waals surface area contributed by atoms with Crippen LogP contribution in [0, 0.1) is 0 Å². The number of nitrogens with one attached hydrogen (secondary N) is 1. The minimum absolute atomic E-state index is 0.0110. The minimum atomic E-state index is -0.0110. The van der Waals surface area contributed by atoms with E-state index in [2.05, 4.69) is 24.1 Å². The van der Waals surface area contributed by atoms with Crippen molar-refractivity contribution >= 4 is 5.91 Å². The number of rotatable bonds is 4. The number of hydrogen-bond acceptors (Lipinski definition) is 3. The molecule has 1 heterocycles. The molecule has 1 atom stereocenters. The number of ether oxygens (including phenoxy) is 1. The van der Waals surface area contributed by atoms with Crippen LogP contribution in [-0.4, -0.2) is 49.7 Å². The molecule has 82 valence electrons. The van der Waals surface area contributed by atoms with E-state index in [4.69, 9.17) is 4.74 Å². The van der Waals surface area contributed by atoms with Crippen LogP contribution < -0.4 is 5.32 Å². The Hall–Kier alpha value is -0.610. The lowest BCUT2D eigenvalue weighted by molar-refractivity contribution is -0.125. The first kappa shape index (κ1) is 11.5. The predicted octanol–water partition coefficient (Wildman–Crippen LogP) is 0.232. The van der Waals surface area contributed by atoms with Crippen molar-refractivity contribution in [2.75, 3.05) is 26.8 Å². The molecule has 0 bridgehead atoms. The van der Waals surface area contributed by atoms with Gasteiger partial charge < -0.3 is 10.1 Å². The van der Waals surface area contributed by atoms with Crippen LogP contribution in [0.25, 0.3) is 0 Å². The molecule has 1 saturated heterocycles. The van der Waals surface area contributed by atoms with E-state index >= 15 is 0 Å². The largest absolute Gasteiger partial charge is 0.375 e. The van der Waals surface area contributed by atoms with Gasteiger partial charge in [0.05, 0.1) is 0 Å². The van der Waals surface area contributed by atoms with Crippen molar-refractivity contribution in [1.82, 2.24) is 10.2 Å². The van der Waals surface area contributed by atoms with Gasteiger partial charge in [-0.2, -0.15) is 0 Å². The number of carbonyl (C=O) groups excluding carboxylic acids is 1. The van der Waals surface area contributed by atoms with Crippen LogP contribution in [0.1, 0.15) is 20.3 Å². The van der Waals surface area contributed by atoms with Crippen molar-refractivity contribution in [1.29, 1.82) is 0 Å². The third-order valence-electron chi connectivity index (χ3n) is 2.59. The molecular weight excluding hydrogens is 180 g/mol. The number of likely N-dealkylation sites (tertiary alicyclic amines) is 1. The van der Waals surface area contributed by atoms with Gasteiger partial charge in [-0.3, -0.25) is 9.69 Å². The number of methoxy groups -OCH3 is 1. The maximum absolute atomic E-state index is 11.2. The first-order chi connectivity index (χ1) is 6.63. The molecule has 0 saturated carbocycles. The normalized spacial score (nSPS) is 23.0. The lowest BCUT2D eigenvalue weighted by atomic mass is 10.2.